The number of ether oxygens (including phenoxy) is 2. The standard InChI is InChI=1S/C17H17ClO3/c1-20-14-4-2-11(3-5-14)8-16(19)15-10-13(18)9-12-6-7-21-17(12)15/h2-5,9-10,16,19H,6-8H2,1H3. The Labute approximate surface area is 129 Å². The molecule has 2 aromatic carbocycles. The molecule has 0 amide bonds. The van der Waals surface area contributed by atoms with Gasteiger partial charge < -0.3 is 14.6 Å². The summed E-state index contributed by atoms with van der Waals surface area (Å²) in [6.45, 7) is 0.651. The van der Waals surface area contributed by atoms with E-state index in [0.717, 1.165) is 34.6 Å². The fourth-order valence-electron chi connectivity index (χ4n) is 2.64. The highest BCUT2D eigenvalue weighted by Crippen LogP contribution is 2.37. The van der Waals surface area contributed by atoms with Crippen LogP contribution in [0, 0.1) is 0 Å². The average molecular weight is 305 g/mol. The molecule has 1 aliphatic heterocycles. The zero-order valence-electron chi connectivity index (χ0n) is 11.8. The maximum atomic E-state index is 10.5. The minimum absolute atomic E-state index is 0.514. The van der Waals surface area contributed by atoms with Gasteiger partial charge in [-0.15, -0.1) is 0 Å². The van der Waals surface area contributed by atoms with Crippen LogP contribution in [0.15, 0.2) is 36.4 Å². The molecule has 2 aromatic rings. The summed E-state index contributed by atoms with van der Waals surface area (Å²) < 4.78 is 10.8. The van der Waals surface area contributed by atoms with Crippen LogP contribution in [-0.2, 0) is 12.8 Å². The zero-order chi connectivity index (χ0) is 14.8. The van der Waals surface area contributed by atoms with E-state index in [1.165, 1.54) is 0 Å². The van der Waals surface area contributed by atoms with Crippen LogP contribution in [0.1, 0.15) is 22.8 Å². The van der Waals surface area contributed by atoms with Crippen LogP contribution in [0.25, 0.3) is 0 Å². The lowest BCUT2D eigenvalue weighted by atomic mass is 9.98. The summed E-state index contributed by atoms with van der Waals surface area (Å²) in [5.41, 5.74) is 2.88. The van der Waals surface area contributed by atoms with Crippen molar-refractivity contribution in [2.24, 2.45) is 0 Å². The SMILES string of the molecule is COc1ccc(CC(O)c2cc(Cl)cc3c2OCC3)cc1. The average Bonchev–Trinajstić information content (AvgIpc) is 2.95. The molecule has 0 aliphatic carbocycles. The van der Waals surface area contributed by atoms with E-state index in [4.69, 9.17) is 21.1 Å². The molecule has 0 bridgehead atoms. The smallest absolute Gasteiger partial charge is 0.128 e. The van der Waals surface area contributed by atoms with E-state index >= 15 is 0 Å². The largest absolute Gasteiger partial charge is 0.497 e. The first-order valence-electron chi connectivity index (χ1n) is 6.93. The molecule has 110 valence electrons. The predicted octanol–water partition coefficient (Wildman–Crippen LogP) is 3.56. The molecule has 4 heteroatoms. The van der Waals surface area contributed by atoms with Gasteiger partial charge in [0.25, 0.3) is 0 Å². The zero-order valence-corrected chi connectivity index (χ0v) is 12.6. The Morgan fingerprint density at radius 2 is 2.05 bits per heavy atom. The van der Waals surface area contributed by atoms with Crippen LogP contribution >= 0.6 is 11.6 Å². The van der Waals surface area contributed by atoms with Gasteiger partial charge in [0.2, 0.25) is 0 Å². The normalized spacial score (nSPS) is 14.4. The first-order valence-corrected chi connectivity index (χ1v) is 7.31. The van der Waals surface area contributed by atoms with Crippen molar-refractivity contribution in [2.75, 3.05) is 13.7 Å². The van der Waals surface area contributed by atoms with E-state index in [9.17, 15) is 5.11 Å². The topological polar surface area (TPSA) is 38.7 Å². The second kappa shape index (κ2) is 5.96. The summed E-state index contributed by atoms with van der Waals surface area (Å²) in [6, 6.07) is 11.4. The second-order valence-electron chi connectivity index (χ2n) is 5.15. The molecule has 1 N–H and O–H groups in total. The van der Waals surface area contributed by atoms with Gasteiger partial charge in [-0.2, -0.15) is 0 Å². The van der Waals surface area contributed by atoms with Crippen molar-refractivity contribution >= 4 is 11.6 Å². The number of aliphatic hydroxyl groups excluding tert-OH is 1. The Morgan fingerprint density at radius 3 is 2.76 bits per heavy atom. The number of fused-ring (bicyclic) bond motifs is 1. The van der Waals surface area contributed by atoms with E-state index in [0.29, 0.717) is 18.1 Å². The van der Waals surface area contributed by atoms with Crippen LogP contribution in [0.2, 0.25) is 5.02 Å². The highest BCUT2D eigenvalue weighted by molar-refractivity contribution is 6.30. The number of halogens is 1. The summed E-state index contributed by atoms with van der Waals surface area (Å²) in [5.74, 6) is 1.60. The molecule has 1 unspecified atom stereocenters. The minimum atomic E-state index is -0.635. The highest BCUT2D eigenvalue weighted by atomic mass is 35.5. The number of rotatable bonds is 4. The van der Waals surface area contributed by atoms with Gasteiger partial charge in [-0.05, 0) is 35.4 Å². The Bertz CT molecular complexity index is 637. The number of benzene rings is 2. The monoisotopic (exact) mass is 304 g/mol. The molecule has 0 saturated carbocycles. The molecule has 1 aliphatic rings. The molecule has 3 rings (SSSR count). The molecular formula is C17H17ClO3. The van der Waals surface area contributed by atoms with Gasteiger partial charge in [-0.3, -0.25) is 0 Å². The van der Waals surface area contributed by atoms with Crippen molar-refractivity contribution in [3.63, 3.8) is 0 Å². The maximum Gasteiger partial charge on any atom is 0.128 e. The van der Waals surface area contributed by atoms with Crippen LogP contribution in [-0.4, -0.2) is 18.8 Å². The molecule has 1 atom stereocenters. The second-order valence-corrected chi connectivity index (χ2v) is 5.59. The molecule has 3 nitrogen and oxygen atoms in total. The Kier molecular flexibility index (Phi) is 4.04. The fourth-order valence-corrected chi connectivity index (χ4v) is 2.89. The third kappa shape index (κ3) is 2.99. The Morgan fingerprint density at radius 1 is 1.29 bits per heavy atom. The first kappa shape index (κ1) is 14.2. The van der Waals surface area contributed by atoms with Gasteiger partial charge in [0.1, 0.15) is 11.5 Å². The van der Waals surface area contributed by atoms with Crippen molar-refractivity contribution < 1.29 is 14.6 Å². The van der Waals surface area contributed by atoms with Crippen molar-refractivity contribution in [1.29, 1.82) is 0 Å². The lowest BCUT2D eigenvalue weighted by molar-refractivity contribution is 0.173. The Hall–Kier alpha value is -1.71. The van der Waals surface area contributed by atoms with Crippen molar-refractivity contribution in [2.45, 2.75) is 18.9 Å². The molecule has 0 aromatic heterocycles. The predicted molar refractivity (Wildman–Crippen MR) is 82.3 cm³/mol. The quantitative estimate of drug-likeness (QED) is 0.938. The molecule has 0 radical (unpaired) electrons. The fraction of sp³-hybridized carbons (Fsp3) is 0.294. The molecule has 0 spiro atoms. The minimum Gasteiger partial charge on any atom is -0.497 e. The van der Waals surface area contributed by atoms with Crippen molar-refractivity contribution in [3.05, 3.63) is 58.1 Å². The van der Waals surface area contributed by atoms with Crippen LogP contribution in [0.4, 0.5) is 0 Å². The van der Waals surface area contributed by atoms with Gasteiger partial charge in [0.05, 0.1) is 19.8 Å². The number of hydrogen-bond acceptors (Lipinski definition) is 3. The third-order valence-electron chi connectivity index (χ3n) is 3.72. The van der Waals surface area contributed by atoms with Gasteiger partial charge in [0, 0.05) is 23.4 Å². The summed E-state index contributed by atoms with van der Waals surface area (Å²) >= 11 is 6.13. The molecular weight excluding hydrogens is 288 g/mol. The molecule has 0 fully saturated rings. The van der Waals surface area contributed by atoms with E-state index in [1.54, 1.807) is 13.2 Å². The van der Waals surface area contributed by atoms with E-state index in [-0.39, 0.29) is 0 Å². The summed E-state index contributed by atoms with van der Waals surface area (Å²) in [7, 11) is 1.64. The van der Waals surface area contributed by atoms with Gasteiger partial charge in [-0.1, -0.05) is 23.7 Å². The summed E-state index contributed by atoms with van der Waals surface area (Å²) in [4.78, 5) is 0. The van der Waals surface area contributed by atoms with Crippen LogP contribution in [0.3, 0.4) is 0 Å². The van der Waals surface area contributed by atoms with Crippen molar-refractivity contribution in [1.82, 2.24) is 0 Å². The van der Waals surface area contributed by atoms with Crippen LogP contribution < -0.4 is 9.47 Å². The maximum absolute atomic E-state index is 10.5. The van der Waals surface area contributed by atoms with Gasteiger partial charge in [-0.25, -0.2) is 0 Å². The summed E-state index contributed by atoms with van der Waals surface area (Å²) in [5, 5.41) is 11.2. The molecule has 1 heterocycles. The molecule has 21 heavy (non-hydrogen) atoms. The highest BCUT2D eigenvalue weighted by Gasteiger charge is 2.22. The Balaban J connectivity index is 1.83. The van der Waals surface area contributed by atoms with E-state index < -0.39 is 6.10 Å². The van der Waals surface area contributed by atoms with Crippen molar-refractivity contribution in [3.8, 4) is 11.5 Å². The third-order valence-corrected chi connectivity index (χ3v) is 3.94. The lowest BCUT2D eigenvalue weighted by Gasteiger charge is -2.15. The number of hydrogen-bond donors (Lipinski definition) is 1. The van der Waals surface area contributed by atoms with E-state index in [2.05, 4.69) is 0 Å². The number of aliphatic hydroxyl groups is 1. The number of methoxy groups -OCH3 is 1. The van der Waals surface area contributed by atoms with Gasteiger partial charge in [0.15, 0.2) is 0 Å². The first-order chi connectivity index (χ1) is 10.2. The summed E-state index contributed by atoms with van der Waals surface area (Å²) in [6.07, 6.45) is 0.724. The van der Waals surface area contributed by atoms with E-state index in [1.807, 2.05) is 30.3 Å². The lowest BCUT2D eigenvalue weighted by Crippen LogP contribution is -2.04. The van der Waals surface area contributed by atoms with Crippen LogP contribution in [0.5, 0.6) is 11.5 Å². The van der Waals surface area contributed by atoms with Gasteiger partial charge >= 0.3 is 0 Å². The molecule has 0 saturated heterocycles.